The molecule has 2 aromatic rings. The number of ether oxygens (including phenoxy) is 1. The molecule has 4 nitrogen and oxygen atoms in total. The number of carbonyl (C=O) groups excluding carboxylic acids is 1. The molecule has 0 aliphatic heterocycles. The monoisotopic (exact) mass is 366 g/mol. The molecule has 0 radical (unpaired) electrons. The quantitative estimate of drug-likeness (QED) is 0.786. The zero-order valence-electron chi connectivity index (χ0n) is 14.4. The maximum absolute atomic E-state index is 12.9. The Balaban J connectivity index is 0.00000312. The maximum Gasteiger partial charge on any atom is 0.224 e. The molecule has 0 aromatic heterocycles. The van der Waals surface area contributed by atoms with E-state index in [0.717, 1.165) is 16.9 Å². The fraction of sp³-hybridized carbons (Fsp3) is 0.316. The summed E-state index contributed by atoms with van der Waals surface area (Å²) in [6.07, 6.45) is 0. The Morgan fingerprint density at radius 2 is 1.72 bits per heavy atom. The molecule has 136 valence electrons. The first-order chi connectivity index (χ1) is 11.5. The number of nitrogens with one attached hydrogen (secondary N) is 1. The van der Waals surface area contributed by atoms with Crippen LogP contribution in [0.5, 0.6) is 5.75 Å². The van der Waals surface area contributed by atoms with Crippen molar-refractivity contribution in [3.8, 4) is 5.75 Å². The molecule has 0 heterocycles. The van der Waals surface area contributed by atoms with Crippen LogP contribution < -0.4 is 15.8 Å². The molecular weight excluding hydrogens is 343 g/mol. The zero-order chi connectivity index (χ0) is 17.5. The average Bonchev–Trinajstić information content (AvgIpc) is 2.60. The summed E-state index contributed by atoms with van der Waals surface area (Å²) < 4.78 is 18.5. The number of carbonyl (C=O) groups is 1. The Morgan fingerprint density at radius 1 is 1.12 bits per heavy atom. The Kier molecular flexibility index (Phi) is 8.38. The Hall–Kier alpha value is -2.11. The average molecular weight is 367 g/mol. The van der Waals surface area contributed by atoms with Crippen molar-refractivity contribution in [1.82, 2.24) is 5.32 Å². The molecular formula is C19H24ClFN2O2. The largest absolute Gasteiger partial charge is 0.489 e. The van der Waals surface area contributed by atoms with Gasteiger partial charge < -0.3 is 15.8 Å². The van der Waals surface area contributed by atoms with Crippen LogP contribution in [-0.2, 0) is 11.4 Å². The molecule has 2 rings (SSSR count). The fourth-order valence-electron chi connectivity index (χ4n) is 2.15. The number of hydrogen-bond acceptors (Lipinski definition) is 3. The second kappa shape index (κ2) is 10.0. The minimum absolute atomic E-state index is 0. The summed E-state index contributed by atoms with van der Waals surface area (Å²) in [5, 5.41) is 2.93. The lowest BCUT2D eigenvalue weighted by Gasteiger charge is -2.17. The Labute approximate surface area is 154 Å². The van der Waals surface area contributed by atoms with E-state index in [-0.39, 0.29) is 36.1 Å². The topological polar surface area (TPSA) is 64.4 Å². The van der Waals surface area contributed by atoms with Gasteiger partial charge in [0, 0.05) is 12.5 Å². The molecule has 0 fully saturated rings. The number of halogens is 2. The minimum Gasteiger partial charge on any atom is -0.489 e. The molecule has 3 N–H and O–H groups in total. The van der Waals surface area contributed by atoms with E-state index in [9.17, 15) is 9.18 Å². The number of benzene rings is 2. The molecule has 2 aromatic carbocycles. The van der Waals surface area contributed by atoms with E-state index in [1.54, 1.807) is 19.1 Å². The van der Waals surface area contributed by atoms with Gasteiger partial charge in [-0.25, -0.2) is 4.39 Å². The molecule has 6 heteroatoms. The normalized spacial score (nSPS) is 12.6. The number of rotatable bonds is 7. The van der Waals surface area contributed by atoms with Crippen molar-refractivity contribution in [3.05, 3.63) is 65.5 Å². The van der Waals surface area contributed by atoms with Crippen molar-refractivity contribution in [2.75, 3.05) is 6.54 Å². The zero-order valence-corrected chi connectivity index (χ0v) is 15.2. The summed E-state index contributed by atoms with van der Waals surface area (Å²) in [7, 11) is 0. The third kappa shape index (κ3) is 6.36. The summed E-state index contributed by atoms with van der Waals surface area (Å²) in [6.45, 7) is 4.43. The summed E-state index contributed by atoms with van der Waals surface area (Å²) >= 11 is 0. The lowest BCUT2D eigenvalue weighted by atomic mass is 10.1. The van der Waals surface area contributed by atoms with Gasteiger partial charge in [0.2, 0.25) is 5.91 Å². The lowest BCUT2D eigenvalue weighted by Crippen LogP contribution is -2.34. The molecule has 0 saturated heterocycles. The van der Waals surface area contributed by atoms with Gasteiger partial charge >= 0.3 is 0 Å². The van der Waals surface area contributed by atoms with E-state index in [0.29, 0.717) is 13.2 Å². The second-order valence-corrected chi connectivity index (χ2v) is 5.85. The van der Waals surface area contributed by atoms with Crippen molar-refractivity contribution in [3.63, 3.8) is 0 Å². The van der Waals surface area contributed by atoms with Gasteiger partial charge in [-0.2, -0.15) is 0 Å². The first kappa shape index (κ1) is 20.9. The predicted molar refractivity (Wildman–Crippen MR) is 99.2 cm³/mol. The Bertz CT molecular complexity index is 662. The van der Waals surface area contributed by atoms with Crippen molar-refractivity contribution >= 4 is 18.3 Å². The Morgan fingerprint density at radius 3 is 2.28 bits per heavy atom. The van der Waals surface area contributed by atoms with E-state index in [1.807, 2.05) is 31.2 Å². The molecule has 0 saturated carbocycles. The second-order valence-electron chi connectivity index (χ2n) is 5.85. The lowest BCUT2D eigenvalue weighted by molar-refractivity contribution is -0.124. The van der Waals surface area contributed by atoms with Gasteiger partial charge in [0.15, 0.2) is 0 Å². The number of hydrogen-bond donors (Lipinski definition) is 2. The van der Waals surface area contributed by atoms with Gasteiger partial charge in [0.1, 0.15) is 18.2 Å². The van der Waals surface area contributed by atoms with Gasteiger partial charge in [-0.05, 0) is 42.3 Å². The first-order valence-corrected chi connectivity index (χ1v) is 7.97. The minimum atomic E-state index is -0.261. The highest BCUT2D eigenvalue weighted by Gasteiger charge is 2.14. The summed E-state index contributed by atoms with van der Waals surface area (Å²) in [5.41, 5.74) is 7.39. The smallest absolute Gasteiger partial charge is 0.224 e. The van der Waals surface area contributed by atoms with Crippen LogP contribution in [0.4, 0.5) is 4.39 Å². The van der Waals surface area contributed by atoms with Crippen LogP contribution in [0.15, 0.2) is 48.5 Å². The molecule has 0 aliphatic rings. The molecule has 1 amide bonds. The number of nitrogens with two attached hydrogens (primary N) is 1. The summed E-state index contributed by atoms with van der Waals surface area (Å²) in [5.74, 6) is 0.201. The highest BCUT2D eigenvalue weighted by Crippen LogP contribution is 2.19. The molecule has 0 aliphatic carbocycles. The van der Waals surface area contributed by atoms with Crippen molar-refractivity contribution in [2.24, 2.45) is 11.7 Å². The third-order valence-corrected chi connectivity index (χ3v) is 3.86. The highest BCUT2D eigenvalue weighted by molar-refractivity contribution is 5.85. The maximum atomic E-state index is 12.9. The van der Waals surface area contributed by atoms with Gasteiger partial charge in [-0.3, -0.25) is 4.79 Å². The third-order valence-electron chi connectivity index (χ3n) is 3.86. The highest BCUT2D eigenvalue weighted by atomic mass is 35.5. The van der Waals surface area contributed by atoms with Crippen LogP contribution in [0.2, 0.25) is 0 Å². The van der Waals surface area contributed by atoms with Crippen LogP contribution in [0.25, 0.3) is 0 Å². The van der Waals surface area contributed by atoms with E-state index < -0.39 is 0 Å². The van der Waals surface area contributed by atoms with Crippen molar-refractivity contribution < 1.29 is 13.9 Å². The molecule has 25 heavy (non-hydrogen) atoms. The molecule has 0 bridgehead atoms. The van der Waals surface area contributed by atoms with E-state index in [2.05, 4.69) is 5.32 Å². The fourth-order valence-corrected chi connectivity index (χ4v) is 2.15. The number of amides is 1. The predicted octanol–water partition coefficient (Wildman–Crippen LogP) is 3.60. The SMILES string of the molecule is CC(CN)C(=O)NC(C)c1ccc(OCc2ccc(F)cc2)cc1.Cl. The van der Waals surface area contributed by atoms with Crippen LogP contribution >= 0.6 is 12.4 Å². The van der Waals surface area contributed by atoms with Crippen LogP contribution in [0.1, 0.15) is 31.0 Å². The van der Waals surface area contributed by atoms with Crippen LogP contribution in [0, 0.1) is 11.7 Å². The van der Waals surface area contributed by atoms with E-state index >= 15 is 0 Å². The van der Waals surface area contributed by atoms with Gasteiger partial charge in [0.05, 0.1) is 6.04 Å². The van der Waals surface area contributed by atoms with Gasteiger partial charge in [-0.1, -0.05) is 31.2 Å². The summed E-state index contributed by atoms with van der Waals surface area (Å²) in [6, 6.07) is 13.7. The molecule has 2 unspecified atom stereocenters. The van der Waals surface area contributed by atoms with Crippen LogP contribution in [-0.4, -0.2) is 12.5 Å². The van der Waals surface area contributed by atoms with Crippen molar-refractivity contribution in [1.29, 1.82) is 0 Å². The standard InChI is InChI=1S/C19H23FN2O2.ClH/c1-13(11-21)19(23)22-14(2)16-5-9-18(10-6-16)24-12-15-3-7-17(20)8-4-15;/h3-10,13-14H,11-12,21H2,1-2H3,(H,22,23);1H. The summed E-state index contributed by atoms with van der Waals surface area (Å²) in [4.78, 5) is 11.9. The van der Waals surface area contributed by atoms with E-state index in [1.165, 1.54) is 12.1 Å². The van der Waals surface area contributed by atoms with Gasteiger partial charge in [-0.15, -0.1) is 12.4 Å². The molecule has 0 spiro atoms. The van der Waals surface area contributed by atoms with Crippen LogP contribution in [0.3, 0.4) is 0 Å². The van der Waals surface area contributed by atoms with Gasteiger partial charge in [0.25, 0.3) is 0 Å². The van der Waals surface area contributed by atoms with E-state index in [4.69, 9.17) is 10.5 Å². The van der Waals surface area contributed by atoms with Crippen molar-refractivity contribution in [2.45, 2.75) is 26.5 Å². The first-order valence-electron chi connectivity index (χ1n) is 7.97. The molecule has 2 atom stereocenters.